The van der Waals surface area contributed by atoms with Gasteiger partial charge in [0.1, 0.15) is 5.75 Å². The zero-order valence-corrected chi connectivity index (χ0v) is 17.5. The first kappa shape index (κ1) is 18.4. The van der Waals surface area contributed by atoms with Crippen LogP contribution < -0.4 is 4.74 Å². The predicted octanol–water partition coefficient (Wildman–Crippen LogP) is 6.14. The van der Waals surface area contributed by atoms with Gasteiger partial charge < -0.3 is 13.7 Å². The first-order valence-corrected chi connectivity index (χ1v) is 10.4. The lowest BCUT2D eigenvalue weighted by molar-refractivity contribution is 0.415. The lowest BCUT2D eigenvalue weighted by Crippen LogP contribution is -1.92. The molecule has 0 aliphatic carbocycles. The van der Waals surface area contributed by atoms with Gasteiger partial charge in [0.05, 0.1) is 30.2 Å². The van der Waals surface area contributed by atoms with Gasteiger partial charge >= 0.3 is 0 Å². The molecular weight excluding hydrogens is 396 g/mol. The third-order valence-corrected chi connectivity index (χ3v) is 5.78. The fraction of sp³-hybridized carbons (Fsp3) is 0.0370. The lowest BCUT2D eigenvalue weighted by Gasteiger charge is -2.09. The van der Waals surface area contributed by atoms with Crippen LogP contribution >= 0.6 is 0 Å². The summed E-state index contributed by atoms with van der Waals surface area (Å²) in [5, 5.41) is 2.34. The molecule has 0 aliphatic rings. The normalized spacial score (nSPS) is 11.8. The quantitative estimate of drug-likeness (QED) is 0.347. The van der Waals surface area contributed by atoms with Crippen LogP contribution in [0, 0.1) is 0 Å². The van der Waals surface area contributed by atoms with E-state index in [1.165, 1.54) is 5.39 Å². The molecule has 0 radical (unpaired) electrons. The Balaban J connectivity index is 1.59. The van der Waals surface area contributed by atoms with E-state index in [1.54, 1.807) is 19.6 Å². The number of hydrogen-bond donors (Lipinski definition) is 0. The highest BCUT2D eigenvalue weighted by molar-refractivity contribution is 6.12. The summed E-state index contributed by atoms with van der Waals surface area (Å²) in [7, 11) is 1.68. The Morgan fingerprint density at radius 3 is 2.59 bits per heavy atom. The molecule has 5 nitrogen and oxygen atoms in total. The molecule has 0 spiro atoms. The van der Waals surface area contributed by atoms with Crippen molar-refractivity contribution in [1.29, 1.82) is 0 Å². The van der Waals surface area contributed by atoms with Crippen LogP contribution in [0.15, 0.2) is 91.6 Å². The number of hydrogen-bond acceptors (Lipinski definition) is 3. The van der Waals surface area contributed by atoms with Gasteiger partial charge in [-0.05, 0) is 60.2 Å². The summed E-state index contributed by atoms with van der Waals surface area (Å²) < 4.78 is 9.50. The van der Waals surface area contributed by atoms with Gasteiger partial charge in [0, 0.05) is 46.6 Å². The summed E-state index contributed by atoms with van der Waals surface area (Å²) in [6, 6.07) is 23.0. The van der Waals surface area contributed by atoms with E-state index in [0.717, 1.165) is 44.5 Å². The average molecular weight is 416 g/mol. The van der Waals surface area contributed by atoms with Crippen molar-refractivity contribution in [2.75, 3.05) is 7.11 Å². The highest BCUT2D eigenvalue weighted by atomic mass is 16.5. The standard InChI is InChI=1S/C27H20N4O/c1-32-22-8-6-20(7-9-22)26-27-24(23-4-2-3-5-25(23)29-26)17-21-16-19(11-14-31(21)27)10-13-30-15-12-28-18-30/h2-18H,1H3/b13-10+. The van der Waals surface area contributed by atoms with E-state index in [1.807, 2.05) is 35.2 Å². The van der Waals surface area contributed by atoms with Gasteiger partial charge in [-0.2, -0.15) is 0 Å². The number of pyridine rings is 2. The molecule has 0 bridgehead atoms. The summed E-state index contributed by atoms with van der Waals surface area (Å²) >= 11 is 0. The maximum absolute atomic E-state index is 5.34. The predicted molar refractivity (Wildman–Crippen MR) is 130 cm³/mol. The van der Waals surface area contributed by atoms with E-state index in [4.69, 9.17) is 9.72 Å². The smallest absolute Gasteiger partial charge is 0.118 e. The van der Waals surface area contributed by atoms with Crippen LogP contribution in [0.4, 0.5) is 0 Å². The van der Waals surface area contributed by atoms with Crippen LogP contribution in [-0.4, -0.2) is 26.0 Å². The first-order valence-electron chi connectivity index (χ1n) is 10.4. The molecule has 32 heavy (non-hydrogen) atoms. The van der Waals surface area contributed by atoms with Crippen LogP contribution in [0.5, 0.6) is 5.75 Å². The SMILES string of the molecule is COc1ccc(-c2nc3ccccc3c3cc4cc(/C=C/n5ccnc5)ccn4c23)cc1. The van der Waals surface area contributed by atoms with Gasteiger partial charge in [-0.1, -0.05) is 18.2 Å². The monoisotopic (exact) mass is 416 g/mol. The van der Waals surface area contributed by atoms with Crippen LogP contribution in [-0.2, 0) is 0 Å². The van der Waals surface area contributed by atoms with Crippen molar-refractivity contribution in [2.24, 2.45) is 0 Å². The van der Waals surface area contributed by atoms with Crippen molar-refractivity contribution in [3.63, 3.8) is 0 Å². The number of benzene rings is 2. The number of rotatable bonds is 4. The summed E-state index contributed by atoms with van der Waals surface area (Å²) in [5.74, 6) is 0.833. The number of para-hydroxylation sites is 1. The van der Waals surface area contributed by atoms with E-state index in [2.05, 4.69) is 70.2 Å². The third-order valence-electron chi connectivity index (χ3n) is 5.78. The third kappa shape index (κ3) is 3.03. The maximum Gasteiger partial charge on any atom is 0.118 e. The average Bonchev–Trinajstić information content (AvgIpc) is 3.50. The number of imidazole rings is 1. The molecule has 4 aromatic heterocycles. The minimum Gasteiger partial charge on any atom is -0.497 e. The lowest BCUT2D eigenvalue weighted by atomic mass is 10.1. The van der Waals surface area contributed by atoms with Crippen LogP contribution in [0.1, 0.15) is 5.56 Å². The van der Waals surface area contributed by atoms with Crippen molar-refractivity contribution in [1.82, 2.24) is 18.9 Å². The molecule has 0 unspecified atom stereocenters. The highest BCUT2D eigenvalue weighted by Gasteiger charge is 2.15. The molecule has 0 amide bonds. The van der Waals surface area contributed by atoms with Gasteiger partial charge in [-0.15, -0.1) is 0 Å². The molecule has 0 fully saturated rings. The number of aromatic nitrogens is 4. The molecule has 2 aromatic carbocycles. The topological polar surface area (TPSA) is 44.3 Å². The van der Waals surface area contributed by atoms with E-state index >= 15 is 0 Å². The molecule has 6 rings (SSSR count). The van der Waals surface area contributed by atoms with Gasteiger partial charge in [0.25, 0.3) is 0 Å². The largest absolute Gasteiger partial charge is 0.497 e. The summed E-state index contributed by atoms with van der Waals surface area (Å²) in [6.45, 7) is 0. The zero-order chi connectivity index (χ0) is 21.5. The van der Waals surface area contributed by atoms with Crippen molar-refractivity contribution >= 4 is 39.6 Å². The van der Waals surface area contributed by atoms with Crippen LogP contribution in [0.3, 0.4) is 0 Å². The van der Waals surface area contributed by atoms with E-state index in [9.17, 15) is 0 Å². The highest BCUT2D eigenvalue weighted by Crippen LogP contribution is 2.35. The summed E-state index contributed by atoms with van der Waals surface area (Å²) in [6.07, 6.45) is 11.7. The van der Waals surface area contributed by atoms with E-state index in [0.29, 0.717) is 0 Å². The zero-order valence-electron chi connectivity index (χ0n) is 17.5. The molecule has 6 aromatic rings. The Hall–Kier alpha value is -4.38. The Kier molecular flexibility index (Phi) is 4.25. The molecule has 0 N–H and O–H groups in total. The van der Waals surface area contributed by atoms with E-state index < -0.39 is 0 Å². The molecule has 0 saturated carbocycles. The fourth-order valence-electron chi connectivity index (χ4n) is 4.20. The summed E-state index contributed by atoms with van der Waals surface area (Å²) in [5.41, 5.74) is 6.36. The number of nitrogens with zero attached hydrogens (tertiary/aromatic N) is 4. The fourth-order valence-corrected chi connectivity index (χ4v) is 4.20. The molecule has 154 valence electrons. The van der Waals surface area contributed by atoms with Crippen LogP contribution in [0.2, 0.25) is 0 Å². The molecule has 5 heteroatoms. The Labute approximate surface area is 184 Å². The summed E-state index contributed by atoms with van der Waals surface area (Å²) in [4.78, 5) is 9.14. The Morgan fingerprint density at radius 2 is 1.78 bits per heavy atom. The minimum absolute atomic E-state index is 0.833. The molecule has 0 atom stereocenters. The minimum atomic E-state index is 0.833. The second kappa shape index (κ2) is 7.39. The number of ether oxygens (including phenoxy) is 1. The second-order valence-corrected chi connectivity index (χ2v) is 7.69. The van der Waals surface area contributed by atoms with Crippen molar-refractivity contribution in [2.45, 2.75) is 0 Å². The molecular formula is C27H20N4O. The van der Waals surface area contributed by atoms with Crippen molar-refractivity contribution < 1.29 is 4.74 Å². The van der Waals surface area contributed by atoms with Crippen molar-refractivity contribution in [3.05, 3.63) is 97.2 Å². The number of fused-ring (bicyclic) bond motifs is 5. The van der Waals surface area contributed by atoms with Gasteiger partial charge in [-0.25, -0.2) is 9.97 Å². The molecule has 4 heterocycles. The van der Waals surface area contributed by atoms with Gasteiger partial charge in [-0.3, -0.25) is 0 Å². The Bertz CT molecular complexity index is 1590. The van der Waals surface area contributed by atoms with Crippen LogP contribution in [0.25, 0.3) is 50.9 Å². The first-order chi connectivity index (χ1) is 15.8. The van der Waals surface area contributed by atoms with Crippen molar-refractivity contribution in [3.8, 4) is 17.0 Å². The molecule has 0 aliphatic heterocycles. The van der Waals surface area contributed by atoms with Gasteiger partial charge in [0.15, 0.2) is 0 Å². The molecule has 0 saturated heterocycles. The van der Waals surface area contributed by atoms with E-state index in [-0.39, 0.29) is 0 Å². The van der Waals surface area contributed by atoms with Gasteiger partial charge in [0.2, 0.25) is 0 Å². The second-order valence-electron chi connectivity index (χ2n) is 7.69. The maximum atomic E-state index is 5.34. The Morgan fingerprint density at radius 1 is 0.906 bits per heavy atom. The number of methoxy groups -OCH3 is 1.